The smallest absolute Gasteiger partial charge is 0.237 e. The summed E-state index contributed by atoms with van der Waals surface area (Å²) in [4.78, 5) is 26.2. The van der Waals surface area contributed by atoms with E-state index in [0.29, 0.717) is 12.1 Å². The number of amides is 2. The van der Waals surface area contributed by atoms with E-state index in [1.165, 1.54) is 4.90 Å². The highest BCUT2D eigenvalue weighted by molar-refractivity contribution is 9.10. The van der Waals surface area contributed by atoms with Gasteiger partial charge in [-0.05, 0) is 36.6 Å². The van der Waals surface area contributed by atoms with E-state index in [9.17, 15) is 9.59 Å². The third-order valence-corrected chi connectivity index (χ3v) is 4.83. The van der Waals surface area contributed by atoms with Crippen molar-refractivity contribution in [1.82, 2.24) is 0 Å². The first-order chi connectivity index (χ1) is 10.6. The number of nitrogens with zero attached hydrogens (tertiary/aromatic N) is 1. The van der Waals surface area contributed by atoms with Crippen molar-refractivity contribution in [3.63, 3.8) is 0 Å². The Morgan fingerprint density at radius 2 is 1.86 bits per heavy atom. The van der Waals surface area contributed by atoms with Gasteiger partial charge in [0.1, 0.15) is 0 Å². The summed E-state index contributed by atoms with van der Waals surface area (Å²) in [6.45, 7) is 1.97. The highest BCUT2D eigenvalue weighted by Crippen LogP contribution is 2.31. The fourth-order valence-electron chi connectivity index (χ4n) is 2.75. The minimum Gasteiger partial charge on any atom is -0.274 e. The largest absolute Gasteiger partial charge is 0.274 e. The molecule has 4 heteroatoms. The van der Waals surface area contributed by atoms with E-state index >= 15 is 0 Å². The fraction of sp³-hybridized carbons (Fsp3) is 0.222. The highest BCUT2D eigenvalue weighted by Gasteiger charge is 2.39. The van der Waals surface area contributed by atoms with Crippen molar-refractivity contribution in [1.29, 1.82) is 0 Å². The van der Waals surface area contributed by atoms with Gasteiger partial charge in [0.05, 0.1) is 11.6 Å². The van der Waals surface area contributed by atoms with Crippen LogP contribution in [-0.2, 0) is 16.0 Å². The molecule has 1 heterocycles. The molecule has 2 amide bonds. The molecule has 2 aromatic carbocycles. The van der Waals surface area contributed by atoms with Crippen LogP contribution in [0.25, 0.3) is 0 Å². The van der Waals surface area contributed by atoms with Crippen LogP contribution in [0.5, 0.6) is 0 Å². The predicted octanol–water partition coefficient (Wildman–Crippen LogP) is 3.88. The van der Waals surface area contributed by atoms with Gasteiger partial charge in [0, 0.05) is 10.9 Å². The zero-order chi connectivity index (χ0) is 15.7. The van der Waals surface area contributed by atoms with Gasteiger partial charge < -0.3 is 0 Å². The molecule has 1 atom stereocenters. The number of hydrogen-bond acceptors (Lipinski definition) is 2. The normalized spacial score (nSPS) is 18.1. The van der Waals surface area contributed by atoms with Crippen LogP contribution < -0.4 is 4.90 Å². The van der Waals surface area contributed by atoms with E-state index in [1.54, 1.807) is 0 Å². The summed E-state index contributed by atoms with van der Waals surface area (Å²) in [6, 6.07) is 15.4. The number of benzene rings is 2. The van der Waals surface area contributed by atoms with Gasteiger partial charge in [-0.25, -0.2) is 0 Å². The van der Waals surface area contributed by atoms with Crippen LogP contribution in [-0.4, -0.2) is 11.8 Å². The summed E-state index contributed by atoms with van der Waals surface area (Å²) in [5, 5.41) is 0. The van der Waals surface area contributed by atoms with Crippen molar-refractivity contribution >= 4 is 33.4 Å². The van der Waals surface area contributed by atoms with E-state index in [0.717, 1.165) is 15.6 Å². The molecule has 0 aromatic heterocycles. The Morgan fingerprint density at radius 1 is 1.14 bits per heavy atom. The molecule has 3 rings (SSSR count). The van der Waals surface area contributed by atoms with Gasteiger partial charge in [-0.15, -0.1) is 0 Å². The summed E-state index contributed by atoms with van der Waals surface area (Å²) >= 11 is 3.45. The molecule has 0 saturated carbocycles. The lowest BCUT2D eigenvalue weighted by Gasteiger charge is -2.16. The minimum atomic E-state index is -0.269. The Morgan fingerprint density at radius 3 is 2.55 bits per heavy atom. The maximum absolute atomic E-state index is 12.6. The predicted molar refractivity (Wildman–Crippen MR) is 89.6 cm³/mol. The van der Waals surface area contributed by atoms with Crippen LogP contribution in [0.3, 0.4) is 0 Å². The SMILES string of the molecule is Cc1ccc(N2C(=O)CC(Cc3ccccc3)C2=O)cc1Br. The van der Waals surface area contributed by atoms with E-state index in [2.05, 4.69) is 15.9 Å². The Bertz CT molecular complexity index is 727. The molecule has 0 bridgehead atoms. The maximum Gasteiger partial charge on any atom is 0.237 e. The highest BCUT2D eigenvalue weighted by atomic mass is 79.9. The van der Waals surface area contributed by atoms with Crippen molar-refractivity contribution in [2.24, 2.45) is 5.92 Å². The number of anilines is 1. The first-order valence-corrected chi connectivity index (χ1v) is 8.02. The first kappa shape index (κ1) is 15.0. The van der Waals surface area contributed by atoms with Crippen LogP contribution in [0, 0.1) is 12.8 Å². The van der Waals surface area contributed by atoms with E-state index < -0.39 is 0 Å². The van der Waals surface area contributed by atoms with Crippen molar-refractivity contribution in [3.05, 3.63) is 64.1 Å². The number of aryl methyl sites for hydroxylation is 1. The zero-order valence-corrected chi connectivity index (χ0v) is 13.8. The first-order valence-electron chi connectivity index (χ1n) is 7.23. The van der Waals surface area contributed by atoms with Crippen LogP contribution >= 0.6 is 15.9 Å². The molecule has 112 valence electrons. The van der Waals surface area contributed by atoms with E-state index in [4.69, 9.17) is 0 Å². The van der Waals surface area contributed by atoms with E-state index in [1.807, 2.05) is 55.5 Å². The third-order valence-electron chi connectivity index (χ3n) is 3.98. The fourth-order valence-corrected chi connectivity index (χ4v) is 3.11. The Balaban J connectivity index is 1.83. The molecule has 3 nitrogen and oxygen atoms in total. The van der Waals surface area contributed by atoms with Crippen molar-refractivity contribution in [2.45, 2.75) is 19.8 Å². The summed E-state index contributed by atoms with van der Waals surface area (Å²) in [7, 11) is 0. The average Bonchev–Trinajstić information content (AvgIpc) is 2.78. The van der Waals surface area contributed by atoms with Gasteiger partial charge in [0.25, 0.3) is 0 Å². The molecule has 0 radical (unpaired) electrons. The van der Waals surface area contributed by atoms with Crippen LogP contribution in [0.15, 0.2) is 53.0 Å². The molecule has 1 fully saturated rings. The number of halogens is 1. The lowest BCUT2D eigenvalue weighted by atomic mass is 9.98. The van der Waals surface area contributed by atoms with Gasteiger partial charge in [0.15, 0.2) is 0 Å². The van der Waals surface area contributed by atoms with Crippen LogP contribution in [0.2, 0.25) is 0 Å². The van der Waals surface area contributed by atoms with Gasteiger partial charge in [0.2, 0.25) is 11.8 Å². The minimum absolute atomic E-state index is 0.107. The number of rotatable bonds is 3. The summed E-state index contributed by atoms with van der Waals surface area (Å²) in [6.07, 6.45) is 0.883. The molecule has 0 aliphatic carbocycles. The molecule has 2 aromatic rings. The Kier molecular flexibility index (Phi) is 4.12. The molecule has 1 aliphatic rings. The second-order valence-corrected chi connectivity index (χ2v) is 6.45. The molecule has 1 saturated heterocycles. The third kappa shape index (κ3) is 2.83. The zero-order valence-electron chi connectivity index (χ0n) is 12.3. The monoisotopic (exact) mass is 357 g/mol. The van der Waals surface area contributed by atoms with Crippen LogP contribution in [0.1, 0.15) is 17.5 Å². The van der Waals surface area contributed by atoms with Gasteiger partial charge in [-0.3, -0.25) is 14.5 Å². The molecular weight excluding hydrogens is 342 g/mol. The van der Waals surface area contributed by atoms with Crippen molar-refractivity contribution < 1.29 is 9.59 Å². The summed E-state index contributed by atoms with van der Waals surface area (Å²) < 4.78 is 0.900. The average molecular weight is 358 g/mol. The quantitative estimate of drug-likeness (QED) is 0.781. The number of carbonyl (C=O) groups excluding carboxylic acids is 2. The van der Waals surface area contributed by atoms with Gasteiger partial charge >= 0.3 is 0 Å². The summed E-state index contributed by atoms with van der Waals surface area (Å²) in [5.74, 6) is -0.499. The molecule has 22 heavy (non-hydrogen) atoms. The van der Waals surface area contributed by atoms with Gasteiger partial charge in [-0.2, -0.15) is 0 Å². The molecule has 0 spiro atoms. The summed E-state index contributed by atoms with van der Waals surface area (Å²) in [5.41, 5.74) is 2.80. The van der Waals surface area contributed by atoms with E-state index in [-0.39, 0.29) is 24.2 Å². The molecule has 1 unspecified atom stereocenters. The number of imide groups is 1. The molecular formula is C18H16BrNO2. The lowest BCUT2D eigenvalue weighted by molar-refractivity contribution is -0.122. The Hall–Kier alpha value is -1.94. The molecule has 1 aliphatic heterocycles. The standard InChI is InChI=1S/C18H16BrNO2/c1-12-7-8-15(11-16(12)19)20-17(21)10-14(18(20)22)9-13-5-3-2-4-6-13/h2-8,11,14H,9-10H2,1H3. The van der Waals surface area contributed by atoms with Crippen molar-refractivity contribution in [2.75, 3.05) is 4.90 Å². The maximum atomic E-state index is 12.6. The van der Waals surface area contributed by atoms with Crippen LogP contribution in [0.4, 0.5) is 5.69 Å². The molecule has 0 N–H and O–H groups in total. The number of carbonyl (C=O) groups is 2. The number of hydrogen-bond donors (Lipinski definition) is 0. The Labute approximate surface area is 138 Å². The topological polar surface area (TPSA) is 37.4 Å². The second kappa shape index (κ2) is 6.05. The lowest BCUT2D eigenvalue weighted by Crippen LogP contribution is -2.30. The van der Waals surface area contributed by atoms with Gasteiger partial charge in [-0.1, -0.05) is 52.3 Å². The van der Waals surface area contributed by atoms with Crippen molar-refractivity contribution in [3.8, 4) is 0 Å². The second-order valence-electron chi connectivity index (χ2n) is 5.59.